The number of fused-ring (bicyclic) bond motifs is 1. The lowest BCUT2D eigenvalue weighted by Gasteiger charge is -2.38. The molecule has 1 saturated heterocycles. The number of aromatic nitrogens is 3. The Bertz CT molecular complexity index is 1060. The fourth-order valence-electron chi connectivity index (χ4n) is 3.98. The van der Waals surface area contributed by atoms with Crippen LogP contribution in [0.5, 0.6) is 0 Å². The largest absolute Gasteiger partial charge is 0.299 e. The SMILES string of the molecule is CN1CCN(Cc2ccsc2)C[C@@H]1c1cn2c(-c3ccncc3)cccc2n1. The van der Waals surface area contributed by atoms with Crippen molar-refractivity contribution in [3.05, 3.63) is 77.0 Å². The van der Waals surface area contributed by atoms with Crippen LogP contribution in [-0.4, -0.2) is 50.9 Å². The first-order valence-electron chi connectivity index (χ1n) is 9.60. The van der Waals surface area contributed by atoms with Crippen molar-refractivity contribution >= 4 is 17.0 Å². The molecule has 28 heavy (non-hydrogen) atoms. The normalized spacial score (nSPS) is 18.7. The van der Waals surface area contributed by atoms with Gasteiger partial charge in [0.15, 0.2) is 0 Å². The summed E-state index contributed by atoms with van der Waals surface area (Å²) in [6.45, 7) is 4.17. The highest BCUT2D eigenvalue weighted by Crippen LogP contribution is 2.27. The number of rotatable bonds is 4. The van der Waals surface area contributed by atoms with Crippen LogP contribution in [0.1, 0.15) is 17.3 Å². The van der Waals surface area contributed by atoms with Gasteiger partial charge in [-0.2, -0.15) is 11.3 Å². The van der Waals surface area contributed by atoms with Gasteiger partial charge in [0.25, 0.3) is 0 Å². The number of hydrogen-bond donors (Lipinski definition) is 0. The number of pyridine rings is 2. The van der Waals surface area contributed by atoms with Crippen molar-refractivity contribution in [1.29, 1.82) is 0 Å². The van der Waals surface area contributed by atoms with Gasteiger partial charge in [-0.25, -0.2) is 4.98 Å². The van der Waals surface area contributed by atoms with Gasteiger partial charge in [-0.3, -0.25) is 19.2 Å². The molecule has 0 amide bonds. The minimum Gasteiger partial charge on any atom is -0.299 e. The Kier molecular flexibility index (Phi) is 4.68. The maximum atomic E-state index is 4.99. The third-order valence-electron chi connectivity index (χ3n) is 5.55. The third kappa shape index (κ3) is 3.35. The Labute approximate surface area is 168 Å². The minimum absolute atomic E-state index is 0.303. The molecule has 0 N–H and O–H groups in total. The molecular formula is C22H23N5S. The highest BCUT2D eigenvalue weighted by molar-refractivity contribution is 7.07. The second-order valence-electron chi connectivity index (χ2n) is 7.40. The van der Waals surface area contributed by atoms with Crippen LogP contribution in [0.2, 0.25) is 0 Å². The van der Waals surface area contributed by atoms with E-state index in [2.05, 4.69) is 67.5 Å². The van der Waals surface area contributed by atoms with Gasteiger partial charge in [-0.1, -0.05) is 6.07 Å². The molecule has 0 saturated carbocycles. The lowest BCUT2D eigenvalue weighted by atomic mass is 10.1. The average molecular weight is 390 g/mol. The number of imidazole rings is 1. The van der Waals surface area contributed by atoms with Crippen LogP contribution in [0, 0.1) is 0 Å². The molecule has 4 aromatic heterocycles. The van der Waals surface area contributed by atoms with E-state index in [-0.39, 0.29) is 0 Å². The summed E-state index contributed by atoms with van der Waals surface area (Å²) >= 11 is 1.77. The van der Waals surface area contributed by atoms with Gasteiger partial charge in [-0.15, -0.1) is 0 Å². The lowest BCUT2D eigenvalue weighted by molar-refractivity contribution is 0.0886. The second kappa shape index (κ2) is 7.47. The number of hydrogen-bond acceptors (Lipinski definition) is 5. The molecule has 5 rings (SSSR count). The first-order chi connectivity index (χ1) is 13.8. The molecule has 5 heterocycles. The summed E-state index contributed by atoms with van der Waals surface area (Å²) in [6, 6.07) is 12.9. The predicted molar refractivity (Wildman–Crippen MR) is 113 cm³/mol. The van der Waals surface area contributed by atoms with Gasteiger partial charge in [0.05, 0.1) is 17.4 Å². The quantitative estimate of drug-likeness (QED) is 0.530. The molecular weight excluding hydrogens is 366 g/mol. The number of thiophene rings is 1. The summed E-state index contributed by atoms with van der Waals surface area (Å²) < 4.78 is 2.20. The van der Waals surface area contributed by atoms with Crippen molar-refractivity contribution in [3.8, 4) is 11.3 Å². The molecule has 0 aliphatic carbocycles. The van der Waals surface area contributed by atoms with Crippen molar-refractivity contribution in [3.63, 3.8) is 0 Å². The van der Waals surface area contributed by atoms with Crippen LogP contribution in [-0.2, 0) is 6.54 Å². The van der Waals surface area contributed by atoms with E-state index in [4.69, 9.17) is 4.98 Å². The van der Waals surface area contributed by atoms with Gasteiger partial charge in [-0.05, 0) is 53.7 Å². The second-order valence-corrected chi connectivity index (χ2v) is 8.18. The van der Waals surface area contributed by atoms with E-state index in [1.807, 2.05) is 24.5 Å². The molecule has 0 bridgehead atoms. The van der Waals surface area contributed by atoms with E-state index < -0.39 is 0 Å². The predicted octanol–water partition coefficient (Wildman–Crippen LogP) is 3.95. The summed E-state index contributed by atoms with van der Waals surface area (Å²) in [5.41, 5.74) is 5.84. The Morgan fingerprint density at radius 3 is 2.82 bits per heavy atom. The minimum atomic E-state index is 0.303. The van der Waals surface area contributed by atoms with Crippen molar-refractivity contribution in [2.75, 3.05) is 26.7 Å². The Morgan fingerprint density at radius 2 is 2.00 bits per heavy atom. The van der Waals surface area contributed by atoms with Crippen molar-refractivity contribution in [2.24, 2.45) is 0 Å². The topological polar surface area (TPSA) is 36.7 Å². The van der Waals surface area contributed by atoms with Gasteiger partial charge in [0, 0.05) is 50.3 Å². The van der Waals surface area contributed by atoms with Crippen LogP contribution in [0.25, 0.3) is 16.9 Å². The van der Waals surface area contributed by atoms with Crippen LogP contribution >= 0.6 is 11.3 Å². The molecule has 0 unspecified atom stereocenters. The van der Waals surface area contributed by atoms with Crippen molar-refractivity contribution in [2.45, 2.75) is 12.6 Å². The standard InChI is InChI=1S/C22H23N5S/c1-25-10-11-26(13-17-7-12-28-16-17)15-21(25)19-14-27-20(3-2-4-22(27)24-19)18-5-8-23-9-6-18/h2-9,12,14,16,21H,10-11,13,15H2,1H3/t21-/m1/s1. The molecule has 0 radical (unpaired) electrons. The Balaban J connectivity index is 1.46. The summed E-state index contributed by atoms with van der Waals surface area (Å²) in [5.74, 6) is 0. The Hall–Kier alpha value is -2.54. The van der Waals surface area contributed by atoms with Gasteiger partial charge in [0.2, 0.25) is 0 Å². The fourth-order valence-corrected chi connectivity index (χ4v) is 4.64. The van der Waals surface area contributed by atoms with E-state index >= 15 is 0 Å². The van der Waals surface area contributed by atoms with E-state index in [1.54, 1.807) is 11.3 Å². The molecule has 1 atom stereocenters. The summed E-state index contributed by atoms with van der Waals surface area (Å²) in [5, 5.41) is 4.41. The number of piperazine rings is 1. The molecule has 0 aromatic carbocycles. The monoisotopic (exact) mass is 389 g/mol. The highest BCUT2D eigenvalue weighted by Gasteiger charge is 2.28. The molecule has 1 aliphatic rings. The average Bonchev–Trinajstić information content (AvgIpc) is 3.39. The zero-order valence-electron chi connectivity index (χ0n) is 15.9. The summed E-state index contributed by atoms with van der Waals surface area (Å²) in [6.07, 6.45) is 5.88. The van der Waals surface area contributed by atoms with Crippen LogP contribution in [0.4, 0.5) is 0 Å². The van der Waals surface area contributed by atoms with Crippen LogP contribution in [0.3, 0.4) is 0 Å². The first-order valence-corrected chi connectivity index (χ1v) is 10.5. The number of nitrogens with zero attached hydrogens (tertiary/aromatic N) is 5. The molecule has 142 valence electrons. The van der Waals surface area contributed by atoms with E-state index in [9.17, 15) is 0 Å². The molecule has 0 spiro atoms. The van der Waals surface area contributed by atoms with Crippen LogP contribution < -0.4 is 0 Å². The third-order valence-corrected chi connectivity index (χ3v) is 6.28. The van der Waals surface area contributed by atoms with Crippen molar-refractivity contribution < 1.29 is 0 Å². The van der Waals surface area contributed by atoms with E-state index in [0.29, 0.717) is 6.04 Å². The molecule has 1 aliphatic heterocycles. The first kappa shape index (κ1) is 17.6. The summed E-state index contributed by atoms with van der Waals surface area (Å²) in [7, 11) is 2.21. The molecule has 4 aromatic rings. The van der Waals surface area contributed by atoms with Gasteiger partial charge in [0.1, 0.15) is 5.65 Å². The maximum absolute atomic E-state index is 4.99. The zero-order valence-corrected chi connectivity index (χ0v) is 16.7. The van der Waals surface area contributed by atoms with Gasteiger partial charge >= 0.3 is 0 Å². The summed E-state index contributed by atoms with van der Waals surface area (Å²) in [4.78, 5) is 14.1. The molecule has 1 fully saturated rings. The fraction of sp³-hybridized carbons (Fsp3) is 0.273. The molecule has 5 nitrogen and oxygen atoms in total. The zero-order chi connectivity index (χ0) is 18.9. The van der Waals surface area contributed by atoms with E-state index in [1.165, 1.54) is 5.56 Å². The smallest absolute Gasteiger partial charge is 0.137 e. The number of likely N-dealkylation sites (N-methyl/N-ethyl adjacent to an activating group) is 1. The van der Waals surface area contributed by atoms with Crippen molar-refractivity contribution in [1.82, 2.24) is 24.2 Å². The van der Waals surface area contributed by atoms with Gasteiger partial charge < -0.3 is 0 Å². The lowest BCUT2D eigenvalue weighted by Crippen LogP contribution is -2.46. The van der Waals surface area contributed by atoms with E-state index in [0.717, 1.165) is 48.8 Å². The van der Waals surface area contributed by atoms with Crippen LogP contribution in [0.15, 0.2) is 65.7 Å². The maximum Gasteiger partial charge on any atom is 0.137 e. The highest BCUT2D eigenvalue weighted by atomic mass is 32.1. The molecule has 6 heteroatoms. The Morgan fingerprint density at radius 1 is 1.11 bits per heavy atom.